The molecule has 4 rings (SSSR count). The van der Waals surface area contributed by atoms with Crippen LogP contribution in [-0.4, -0.2) is 35.0 Å². The van der Waals surface area contributed by atoms with E-state index < -0.39 is 0 Å². The van der Waals surface area contributed by atoms with Crippen LogP contribution in [-0.2, 0) is 0 Å². The van der Waals surface area contributed by atoms with Crippen molar-refractivity contribution in [3.05, 3.63) is 35.3 Å². The monoisotopic (exact) mass is 356 g/mol. The highest BCUT2D eigenvalue weighted by Gasteiger charge is 2.38. The summed E-state index contributed by atoms with van der Waals surface area (Å²) in [4.78, 5) is 19.9. The molecule has 2 saturated carbocycles. The van der Waals surface area contributed by atoms with Gasteiger partial charge < -0.3 is 9.64 Å². The number of amides is 1. The minimum absolute atomic E-state index is 0.130. The lowest BCUT2D eigenvalue weighted by Crippen LogP contribution is -2.43. The third-order valence-electron chi connectivity index (χ3n) is 5.20. The summed E-state index contributed by atoms with van der Waals surface area (Å²) in [5, 5.41) is 2.81. The Morgan fingerprint density at radius 1 is 1.08 bits per heavy atom. The maximum atomic E-state index is 13.1. The molecule has 1 aromatic carbocycles. The molecule has 1 aromatic heterocycles. The number of hydrogen-bond acceptors (Lipinski definition) is 4. The van der Waals surface area contributed by atoms with E-state index in [0.29, 0.717) is 17.8 Å². The van der Waals surface area contributed by atoms with Gasteiger partial charge in [0.1, 0.15) is 16.5 Å². The summed E-state index contributed by atoms with van der Waals surface area (Å²) in [7, 11) is 1.66. The molecule has 0 atom stereocenters. The predicted octanol–water partition coefficient (Wildman–Crippen LogP) is 4.76. The Morgan fingerprint density at radius 3 is 2.40 bits per heavy atom. The van der Waals surface area contributed by atoms with Gasteiger partial charge in [0.25, 0.3) is 5.91 Å². The van der Waals surface area contributed by atoms with E-state index in [2.05, 4.69) is 9.88 Å². The molecule has 0 spiro atoms. The fourth-order valence-electron chi connectivity index (χ4n) is 3.71. The smallest absolute Gasteiger partial charge is 0.273 e. The van der Waals surface area contributed by atoms with E-state index in [0.717, 1.165) is 42.0 Å². The van der Waals surface area contributed by atoms with Crippen LogP contribution in [0.5, 0.6) is 5.75 Å². The first-order valence-electron chi connectivity index (χ1n) is 9.19. The quantitative estimate of drug-likeness (QED) is 0.776. The zero-order chi connectivity index (χ0) is 17.2. The molecule has 0 unspecified atom stereocenters. The summed E-state index contributed by atoms with van der Waals surface area (Å²) in [6, 6.07) is 8.70. The average Bonchev–Trinajstić information content (AvgIpc) is 3.37. The summed E-state index contributed by atoms with van der Waals surface area (Å²) < 4.78 is 5.20. The Labute approximate surface area is 152 Å². The second kappa shape index (κ2) is 7.16. The van der Waals surface area contributed by atoms with Gasteiger partial charge in [-0.3, -0.25) is 4.79 Å². The Hall–Kier alpha value is -1.88. The summed E-state index contributed by atoms with van der Waals surface area (Å²) in [6.45, 7) is 0. The van der Waals surface area contributed by atoms with E-state index in [9.17, 15) is 4.79 Å². The molecule has 2 aliphatic rings. The highest BCUT2D eigenvalue weighted by molar-refractivity contribution is 7.13. The van der Waals surface area contributed by atoms with Gasteiger partial charge in [-0.1, -0.05) is 19.3 Å². The molecule has 25 heavy (non-hydrogen) atoms. The van der Waals surface area contributed by atoms with Crippen molar-refractivity contribution in [2.75, 3.05) is 7.11 Å². The Kier molecular flexibility index (Phi) is 4.75. The number of thiazole rings is 1. The maximum Gasteiger partial charge on any atom is 0.273 e. The molecular weight excluding hydrogens is 332 g/mol. The largest absolute Gasteiger partial charge is 0.497 e. The fourth-order valence-corrected chi connectivity index (χ4v) is 4.51. The molecule has 0 saturated heterocycles. The summed E-state index contributed by atoms with van der Waals surface area (Å²) in [5.74, 6) is 0.958. The fraction of sp³-hybridized carbons (Fsp3) is 0.500. The molecule has 0 bridgehead atoms. The minimum atomic E-state index is 0.130. The number of carbonyl (C=O) groups excluding carboxylic acids is 1. The Balaban J connectivity index is 1.54. The lowest BCUT2D eigenvalue weighted by atomic mass is 9.94. The number of aromatic nitrogens is 1. The molecule has 2 aromatic rings. The lowest BCUT2D eigenvalue weighted by molar-refractivity contribution is 0.0609. The molecule has 1 amide bonds. The molecule has 1 heterocycles. The summed E-state index contributed by atoms with van der Waals surface area (Å²) in [5.41, 5.74) is 1.63. The Bertz CT molecular complexity index is 730. The summed E-state index contributed by atoms with van der Waals surface area (Å²) >= 11 is 1.54. The van der Waals surface area contributed by atoms with E-state index >= 15 is 0 Å². The van der Waals surface area contributed by atoms with Gasteiger partial charge in [0, 0.05) is 23.0 Å². The van der Waals surface area contributed by atoms with Crippen LogP contribution in [0.1, 0.15) is 55.4 Å². The van der Waals surface area contributed by atoms with Gasteiger partial charge in [0.15, 0.2) is 0 Å². The third kappa shape index (κ3) is 3.56. The third-order valence-corrected chi connectivity index (χ3v) is 6.09. The van der Waals surface area contributed by atoms with Gasteiger partial charge in [-0.05, 0) is 49.9 Å². The normalized spacial score (nSPS) is 18.1. The first-order valence-corrected chi connectivity index (χ1v) is 10.1. The van der Waals surface area contributed by atoms with Crippen LogP contribution in [0.4, 0.5) is 0 Å². The number of benzene rings is 1. The number of methoxy groups -OCH3 is 1. The molecule has 4 nitrogen and oxygen atoms in total. The summed E-state index contributed by atoms with van der Waals surface area (Å²) in [6.07, 6.45) is 8.40. The van der Waals surface area contributed by atoms with E-state index in [1.807, 2.05) is 29.6 Å². The number of ether oxygens (including phenoxy) is 1. The molecule has 132 valence electrons. The van der Waals surface area contributed by atoms with E-state index in [4.69, 9.17) is 4.74 Å². The van der Waals surface area contributed by atoms with Crippen molar-refractivity contribution in [2.45, 2.75) is 57.0 Å². The van der Waals surface area contributed by atoms with Crippen LogP contribution in [0.15, 0.2) is 29.6 Å². The predicted molar refractivity (Wildman–Crippen MR) is 100 cm³/mol. The standard InChI is InChI=1S/C20H24N2O2S/c1-24-17-11-7-14(8-12-17)19-21-18(13-25-19)20(23)22(16-9-10-16)15-5-3-2-4-6-15/h7-8,11-13,15-16H,2-6,9-10H2,1H3. The van der Waals surface area contributed by atoms with Crippen LogP contribution >= 0.6 is 11.3 Å². The second-order valence-corrected chi connectivity index (χ2v) is 7.86. The minimum Gasteiger partial charge on any atom is -0.497 e. The highest BCUT2D eigenvalue weighted by atomic mass is 32.1. The zero-order valence-electron chi connectivity index (χ0n) is 14.6. The molecule has 0 radical (unpaired) electrons. The highest BCUT2D eigenvalue weighted by Crippen LogP contribution is 2.35. The van der Waals surface area contributed by atoms with Crippen molar-refractivity contribution < 1.29 is 9.53 Å². The van der Waals surface area contributed by atoms with Crippen molar-refractivity contribution in [1.29, 1.82) is 0 Å². The van der Waals surface area contributed by atoms with Crippen LogP contribution < -0.4 is 4.74 Å². The van der Waals surface area contributed by atoms with E-state index in [1.165, 1.54) is 19.3 Å². The van der Waals surface area contributed by atoms with Gasteiger partial charge in [0.2, 0.25) is 0 Å². The zero-order valence-corrected chi connectivity index (χ0v) is 15.4. The molecule has 0 N–H and O–H groups in total. The average molecular weight is 356 g/mol. The Morgan fingerprint density at radius 2 is 1.76 bits per heavy atom. The van der Waals surface area contributed by atoms with E-state index in [1.54, 1.807) is 18.4 Å². The number of hydrogen-bond donors (Lipinski definition) is 0. The van der Waals surface area contributed by atoms with Crippen molar-refractivity contribution in [3.8, 4) is 16.3 Å². The van der Waals surface area contributed by atoms with Gasteiger partial charge in [-0.25, -0.2) is 4.98 Å². The van der Waals surface area contributed by atoms with Crippen LogP contribution in [0, 0.1) is 0 Å². The molecular formula is C20H24N2O2S. The van der Waals surface area contributed by atoms with E-state index in [-0.39, 0.29) is 5.91 Å². The second-order valence-electron chi connectivity index (χ2n) is 7.00. The number of rotatable bonds is 5. The molecule has 0 aliphatic heterocycles. The topological polar surface area (TPSA) is 42.4 Å². The van der Waals surface area contributed by atoms with Gasteiger partial charge in [-0.15, -0.1) is 11.3 Å². The van der Waals surface area contributed by atoms with Crippen LogP contribution in [0.25, 0.3) is 10.6 Å². The van der Waals surface area contributed by atoms with Crippen molar-refractivity contribution >= 4 is 17.2 Å². The maximum absolute atomic E-state index is 13.1. The first kappa shape index (κ1) is 16.6. The van der Waals surface area contributed by atoms with Gasteiger partial charge >= 0.3 is 0 Å². The van der Waals surface area contributed by atoms with Crippen molar-refractivity contribution in [1.82, 2.24) is 9.88 Å². The van der Waals surface area contributed by atoms with Gasteiger partial charge in [-0.2, -0.15) is 0 Å². The molecule has 2 fully saturated rings. The van der Waals surface area contributed by atoms with Gasteiger partial charge in [0.05, 0.1) is 7.11 Å². The SMILES string of the molecule is COc1ccc(-c2nc(C(=O)N(C3CCCCC3)C3CC3)cs2)cc1. The van der Waals surface area contributed by atoms with Crippen molar-refractivity contribution in [2.24, 2.45) is 0 Å². The molecule has 5 heteroatoms. The number of nitrogens with zero attached hydrogens (tertiary/aromatic N) is 2. The lowest BCUT2D eigenvalue weighted by Gasteiger charge is -2.34. The molecule has 2 aliphatic carbocycles. The van der Waals surface area contributed by atoms with Crippen LogP contribution in [0.3, 0.4) is 0 Å². The van der Waals surface area contributed by atoms with Crippen LogP contribution in [0.2, 0.25) is 0 Å². The van der Waals surface area contributed by atoms with Crippen molar-refractivity contribution in [3.63, 3.8) is 0 Å². The number of carbonyl (C=O) groups is 1. The first-order chi connectivity index (χ1) is 12.3.